The van der Waals surface area contributed by atoms with Crippen LogP contribution in [0.5, 0.6) is 0 Å². The number of hydrogen-bond acceptors (Lipinski definition) is 7. The Morgan fingerprint density at radius 2 is 1.75 bits per heavy atom. The molecule has 1 aliphatic carbocycles. The minimum absolute atomic E-state index is 0.151. The van der Waals surface area contributed by atoms with E-state index in [1.54, 1.807) is 0 Å². The number of rotatable bonds is 5. The van der Waals surface area contributed by atoms with Crippen molar-refractivity contribution < 1.29 is 9.31 Å². The first-order valence-electron chi connectivity index (χ1n) is 11.1. The highest BCUT2D eigenvalue weighted by molar-refractivity contribution is 4.92. The first-order valence-corrected chi connectivity index (χ1v) is 11.1. The topological polar surface area (TPSA) is 85.7 Å². The van der Waals surface area contributed by atoms with E-state index < -0.39 is 12.2 Å². The van der Waals surface area contributed by atoms with Crippen molar-refractivity contribution in [2.45, 2.75) is 62.9 Å². The van der Waals surface area contributed by atoms with Crippen molar-refractivity contribution >= 4 is 0 Å². The summed E-state index contributed by atoms with van der Waals surface area (Å²) < 4.78 is 13.5. The standard InChI is InChI=1S/C19H35FN6O2/c20-16-3-1-14(2-4-16)19-15(11-22-23-19)13-24-7-9-25(10-8-24)18-6-5-17(12-21-18)26(27)28/h14-19,21-23H,1-13H2. The van der Waals surface area contributed by atoms with Crippen molar-refractivity contribution in [1.29, 1.82) is 0 Å². The molecule has 0 radical (unpaired) electrons. The summed E-state index contributed by atoms with van der Waals surface area (Å²) in [4.78, 5) is 15.8. The molecular weight excluding hydrogens is 363 g/mol. The zero-order valence-corrected chi connectivity index (χ0v) is 16.7. The SMILES string of the molecule is O=[N+]([O-])C1CCC(N2CCN(CC3CNNC3C3CCC(F)CC3)CC2)NC1. The molecule has 3 saturated heterocycles. The van der Waals surface area contributed by atoms with Gasteiger partial charge in [-0.1, -0.05) is 0 Å². The number of piperidine rings is 1. The van der Waals surface area contributed by atoms with E-state index in [9.17, 15) is 14.5 Å². The smallest absolute Gasteiger partial charge is 0.225 e. The van der Waals surface area contributed by atoms with E-state index in [4.69, 9.17) is 0 Å². The number of halogens is 1. The van der Waals surface area contributed by atoms with Crippen LogP contribution in [0.25, 0.3) is 0 Å². The van der Waals surface area contributed by atoms with Crippen LogP contribution < -0.4 is 16.2 Å². The summed E-state index contributed by atoms with van der Waals surface area (Å²) in [5.74, 6) is 1.18. The van der Waals surface area contributed by atoms with Gasteiger partial charge in [0.1, 0.15) is 6.17 Å². The second-order valence-corrected chi connectivity index (χ2v) is 9.10. The van der Waals surface area contributed by atoms with Crippen LogP contribution in [0, 0.1) is 22.0 Å². The molecule has 8 nitrogen and oxygen atoms in total. The van der Waals surface area contributed by atoms with E-state index in [1.807, 2.05) is 0 Å². The lowest BCUT2D eigenvalue weighted by molar-refractivity contribution is -0.523. The van der Waals surface area contributed by atoms with Crippen molar-refractivity contribution in [3.8, 4) is 0 Å². The predicted molar refractivity (Wildman–Crippen MR) is 105 cm³/mol. The van der Waals surface area contributed by atoms with Crippen molar-refractivity contribution in [3.63, 3.8) is 0 Å². The number of nitro groups is 1. The fraction of sp³-hybridized carbons (Fsp3) is 1.00. The molecule has 4 rings (SSSR count). The first kappa shape index (κ1) is 20.4. The Morgan fingerprint density at radius 3 is 2.39 bits per heavy atom. The number of hydrazine groups is 1. The lowest BCUT2D eigenvalue weighted by atomic mass is 9.79. The van der Waals surface area contributed by atoms with Crippen molar-refractivity contribution in [3.05, 3.63) is 10.1 Å². The Labute approximate surface area is 166 Å². The molecule has 3 N–H and O–H groups in total. The van der Waals surface area contributed by atoms with Crippen LogP contribution in [0.1, 0.15) is 38.5 Å². The highest BCUT2D eigenvalue weighted by Gasteiger charge is 2.37. The van der Waals surface area contributed by atoms with E-state index in [-0.39, 0.29) is 11.1 Å². The average Bonchev–Trinajstić information content (AvgIpc) is 3.17. The van der Waals surface area contributed by atoms with Gasteiger partial charge in [-0.05, 0) is 38.0 Å². The van der Waals surface area contributed by atoms with Gasteiger partial charge in [0, 0.05) is 62.6 Å². The summed E-state index contributed by atoms with van der Waals surface area (Å²) >= 11 is 0. The highest BCUT2D eigenvalue weighted by atomic mass is 19.1. The molecule has 0 aromatic heterocycles. The molecule has 9 heteroatoms. The summed E-state index contributed by atoms with van der Waals surface area (Å²) in [5, 5.41) is 14.3. The summed E-state index contributed by atoms with van der Waals surface area (Å²) in [7, 11) is 0. The third kappa shape index (κ3) is 4.81. The zero-order chi connectivity index (χ0) is 19.5. The van der Waals surface area contributed by atoms with Crippen LogP contribution in [-0.4, -0.2) is 85.0 Å². The summed E-state index contributed by atoms with van der Waals surface area (Å²) in [6.45, 7) is 6.72. The van der Waals surface area contributed by atoms with E-state index in [1.165, 1.54) is 0 Å². The van der Waals surface area contributed by atoms with Crippen LogP contribution in [-0.2, 0) is 0 Å². The number of alkyl halides is 1. The van der Waals surface area contributed by atoms with Crippen LogP contribution in [0.3, 0.4) is 0 Å². The fourth-order valence-corrected chi connectivity index (χ4v) is 5.58. The molecule has 4 atom stereocenters. The molecule has 1 saturated carbocycles. The highest BCUT2D eigenvalue weighted by Crippen LogP contribution is 2.32. The summed E-state index contributed by atoms with van der Waals surface area (Å²) in [6, 6.07) is 0.0360. The lowest BCUT2D eigenvalue weighted by Gasteiger charge is -2.42. The Morgan fingerprint density at radius 1 is 1.00 bits per heavy atom. The van der Waals surface area contributed by atoms with Crippen molar-refractivity contribution in [1.82, 2.24) is 26.0 Å². The maximum absolute atomic E-state index is 13.5. The van der Waals surface area contributed by atoms with E-state index in [2.05, 4.69) is 26.0 Å². The van der Waals surface area contributed by atoms with Gasteiger partial charge in [-0.3, -0.25) is 31.2 Å². The van der Waals surface area contributed by atoms with Gasteiger partial charge in [-0.25, -0.2) is 4.39 Å². The molecule has 0 spiro atoms. The second kappa shape index (κ2) is 9.30. The zero-order valence-electron chi connectivity index (χ0n) is 16.7. The van der Waals surface area contributed by atoms with Gasteiger partial charge in [0.25, 0.3) is 0 Å². The maximum atomic E-state index is 13.5. The Bertz CT molecular complexity index is 517. The molecule has 0 aromatic carbocycles. The Balaban J connectivity index is 1.20. The Kier molecular flexibility index (Phi) is 6.78. The maximum Gasteiger partial charge on any atom is 0.225 e. The Hall–Kier alpha value is -0.870. The third-order valence-corrected chi connectivity index (χ3v) is 7.35. The molecule has 0 amide bonds. The average molecular weight is 399 g/mol. The normalized spacial score (nSPS) is 41.2. The number of hydrogen-bond donors (Lipinski definition) is 3. The van der Waals surface area contributed by atoms with Gasteiger partial charge in [0.15, 0.2) is 0 Å². The van der Waals surface area contributed by atoms with Crippen LogP contribution in [0.2, 0.25) is 0 Å². The van der Waals surface area contributed by atoms with Crippen molar-refractivity contribution in [2.24, 2.45) is 11.8 Å². The fourth-order valence-electron chi connectivity index (χ4n) is 5.58. The van der Waals surface area contributed by atoms with Crippen LogP contribution >= 0.6 is 0 Å². The molecule has 4 fully saturated rings. The third-order valence-electron chi connectivity index (χ3n) is 7.35. The minimum Gasteiger partial charge on any atom is -0.300 e. The lowest BCUT2D eigenvalue weighted by Crippen LogP contribution is -2.59. The van der Waals surface area contributed by atoms with Crippen molar-refractivity contribution in [2.75, 3.05) is 45.8 Å². The molecule has 4 aliphatic rings. The number of nitrogens with zero attached hydrogens (tertiary/aromatic N) is 3. The van der Waals surface area contributed by atoms with Gasteiger partial charge in [0.05, 0.1) is 12.7 Å². The number of piperazine rings is 1. The van der Waals surface area contributed by atoms with Crippen LogP contribution in [0.4, 0.5) is 4.39 Å². The largest absolute Gasteiger partial charge is 0.300 e. The van der Waals surface area contributed by atoms with Gasteiger partial charge in [-0.15, -0.1) is 0 Å². The van der Waals surface area contributed by atoms with E-state index in [0.717, 1.165) is 71.4 Å². The van der Waals surface area contributed by atoms with E-state index >= 15 is 0 Å². The monoisotopic (exact) mass is 398 g/mol. The summed E-state index contributed by atoms with van der Waals surface area (Å²) in [5.41, 5.74) is 6.83. The molecule has 3 aliphatic heterocycles. The molecule has 0 aromatic rings. The van der Waals surface area contributed by atoms with Gasteiger partial charge in [-0.2, -0.15) is 0 Å². The second-order valence-electron chi connectivity index (χ2n) is 9.10. The number of nitrogens with one attached hydrogen (secondary N) is 3. The predicted octanol–water partition coefficient (Wildman–Crippen LogP) is 0.580. The van der Waals surface area contributed by atoms with Gasteiger partial charge < -0.3 is 4.90 Å². The summed E-state index contributed by atoms with van der Waals surface area (Å²) in [6.07, 6.45) is 4.68. The van der Waals surface area contributed by atoms with Gasteiger partial charge in [0.2, 0.25) is 6.04 Å². The van der Waals surface area contributed by atoms with Crippen LogP contribution in [0.15, 0.2) is 0 Å². The molecule has 28 heavy (non-hydrogen) atoms. The minimum atomic E-state index is -0.592. The molecular formula is C19H35FN6O2. The molecule has 0 bridgehead atoms. The first-order chi connectivity index (χ1) is 13.6. The molecule has 3 heterocycles. The van der Waals surface area contributed by atoms with Gasteiger partial charge >= 0.3 is 0 Å². The van der Waals surface area contributed by atoms with E-state index in [0.29, 0.717) is 30.8 Å². The molecule has 160 valence electrons. The quantitative estimate of drug-likeness (QED) is 0.461. The molecule has 4 unspecified atom stereocenters.